The molecule has 0 atom stereocenters. The Morgan fingerprint density at radius 3 is 2.28 bits per heavy atom. The number of nitrogens with zero attached hydrogens (tertiary/aromatic N) is 5. The van der Waals surface area contributed by atoms with Crippen molar-refractivity contribution in [2.24, 2.45) is 0 Å². The Hall–Kier alpha value is -2.72. The average Bonchev–Trinajstić information content (AvgIpc) is 2.67. The molecule has 1 saturated heterocycles. The van der Waals surface area contributed by atoms with Crippen molar-refractivity contribution in [2.45, 2.75) is 18.7 Å². The molecule has 1 aromatic carbocycles. The zero-order valence-corrected chi connectivity index (χ0v) is 17.9. The van der Waals surface area contributed by atoms with Gasteiger partial charge in [-0.2, -0.15) is 4.31 Å². The highest BCUT2D eigenvalue weighted by molar-refractivity contribution is 7.89. The van der Waals surface area contributed by atoms with Crippen LogP contribution in [0.25, 0.3) is 0 Å². The Kier molecular flexibility index (Phi) is 6.04. The number of sulfonamides is 1. The van der Waals surface area contributed by atoms with E-state index in [1.807, 2.05) is 36.0 Å². The maximum Gasteiger partial charge on any atom is 0.243 e. The number of aromatic nitrogens is 2. The Morgan fingerprint density at radius 2 is 1.76 bits per heavy atom. The molecule has 1 aromatic heterocycles. The first-order valence-electron chi connectivity index (χ1n) is 9.33. The van der Waals surface area contributed by atoms with Gasteiger partial charge in [0.25, 0.3) is 0 Å². The predicted molar refractivity (Wildman–Crippen MR) is 113 cm³/mol. The number of amides is 1. The van der Waals surface area contributed by atoms with E-state index < -0.39 is 10.0 Å². The average molecular weight is 419 g/mol. The van der Waals surface area contributed by atoms with E-state index >= 15 is 0 Å². The van der Waals surface area contributed by atoms with E-state index in [1.54, 1.807) is 25.1 Å². The summed E-state index contributed by atoms with van der Waals surface area (Å²) in [5.41, 5.74) is 1.18. The van der Waals surface area contributed by atoms with Crippen molar-refractivity contribution < 1.29 is 13.2 Å². The van der Waals surface area contributed by atoms with E-state index in [-0.39, 0.29) is 10.8 Å². The van der Waals surface area contributed by atoms with Crippen LogP contribution in [0.3, 0.4) is 0 Å². The normalized spacial score (nSPS) is 15.2. The monoisotopic (exact) mass is 418 g/mol. The molecule has 1 N–H and O–H groups in total. The van der Waals surface area contributed by atoms with Crippen LogP contribution in [0.5, 0.6) is 0 Å². The largest absolute Gasteiger partial charge is 0.361 e. The topological polar surface area (TPSA) is 98.7 Å². The fourth-order valence-electron chi connectivity index (χ4n) is 3.24. The first kappa shape index (κ1) is 21.0. The van der Waals surface area contributed by atoms with Crippen LogP contribution in [0.4, 0.5) is 17.3 Å². The van der Waals surface area contributed by atoms with Crippen molar-refractivity contribution in [1.29, 1.82) is 0 Å². The molecule has 0 spiro atoms. The summed E-state index contributed by atoms with van der Waals surface area (Å²) in [6.07, 6.45) is 0. The Balaban J connectivity index is 1.70. The standard InChI is InChI=1S/C19H26N6O3S/c1-14-13-16(20-15(2)26)5-6-17(14)29(27,28)25-11-9-24(10-12-25)19-8-7-18(21-22-19)23(3)4/h5-8,13H,9-12H2,1-4H3,(H,20,26). The minimum Gasteiger partial charge on any atom is -0.361 e. The van der Waals surface area contributed by atoms with Crippen LogP contribution < -0.4 is 15.1 Å². The molecular weight excluding hydrogens is 392 g/mol. The van der Waals surface area contributed by atoms with Gasteiger partial charge in [0, 0.05) is 52.9 Å². The van der Waals surface area contributed by atoms with Crippen LogP contribution >= 0.6 is 0 Å². The summed E-state index contributed by atoms with van der Waals surface area (Å²) in [6.45, 7) is 4.96. The highest BCUT2D eigenvalue weighted by Gasteiger charge is 2.30. The summed E-state index contributed by atoms with van der Waals surface area (Å²) in [6, 6.07) is 8.63. The number of anilines is 3. The van der Waals surface area contributed by atoms with Gasteiger partial charge in [0.05, 0.1) is 4.90 Å². The van der Waals surface area contributed by atoms with Gasteiger partial charge >= 0.3 is 0 Å². The van der Waals surface area contributed by atoms with Crippen molar-refractivity contribution in [1.82, 2.24) is 14.5 Å². The lowest BCUT2D eigenvalue weighted by molar-refractivity contribution is -0.114. The maximum atomic E-state index is 13.1. The Labute approximate surface area is 171 Å². The Bertz CT molecular complexity index is 984. The number of aryl methyl sites for hydroxylation is 1. The van der Waals surface area contributed by atoms with Crippen LogP contribution in [-0.4, -0.2) is 69.1 Å². The fraction of sp³-hybridized carbons (Fsp3) is 0.421. The number of hydrogen-bond donors (Lipinski definition) is 1. The van der Waals surface area contributed by atoms with E-state index in [4.69, 9.17) is 0 Å². The van der Waals surface area contributed by atoms with Crippen molar-refractivity contribution >= 4 is 33.3 Å². The number of carbonyl (C=O) groups is 1. The predicted octanol–water partition coefficient (Wildman–Crippen LogP) is 1.32. The van der Waals surface area contributed by atoms with Crippen molar-refractivity contribution in [3.8, 4) is 0 Å². The zero-order valence-electron chi connectivity index (χ0n) is 17.1. The molecule has 1 aliphatic heterocycles. The summed E-state index contributed by atoms with van der Waals surface area (Å²) < 4.78 is 27.7. The van der Waals surface area contributed by atoms with E-state index in [0.29, 0.717) is 37.4 Å². The van der Waals surface area contributed by atoms with Gasteiger partial charge in [0.1, 0.15) is 0 Å². The fourth-order valence-corrected chi connectivity index (χ4v) is 4.87. The molecule has 2 heterocycles. The first-order valence-corrected chi connectivity index (χ1v) is 10.8. The quantitative estimate of drug-likeness (QED) is 0.782. The molecule has 0 saturated carbocycles. The SMILES string of the molecule is CC(=O)Nc1ccc(S(=O)(=O)N2CCN(c3ccc(N(C)C)nn3)CC2)c(C)c1. The molecule has 10 heteroatoms. The number of hydrogen-bond acceptors (Lipinski definition) is 7. The second kappa shape index (κ2) is 8.34. The van der Waals surface area contributed by atoms with Gasteiger partial charge in [0.2, 0.25) is 15.9 Å². The molecule has 0 aliphatic carbocycles. The summed E-state index contributed by atoms with van der Waals surface area (Å²) in [5, 5.41) is 11.1. The van der Waals surface area contributed by atoms with Gasteiger partial charge in [-0.25, -0.2) is 8.42 Å². The number of nitrogens with one attached hydrogen (secondary N) is 1. The lowest BCUT2D eigenvalue weighted by atomic mass is 10.2. The minimum absolute atomic E-state index is 0.196. The molecule has 156 valence electrons. The molecule has 0 unspecified atom stereocenters. The number of piperazine rings is 1. The van der Waals surface area contributed by atoms with Gasteiger partial charge in [-0.15, -0.1) is 10.2 Å². The third kappa shape index (κ3) is 4.65. The maximum absolute atomic E-state index is 13.1. The highest BCUT2D eigenvalue weighted by Crippen LogP contribution is 2.25. The van der Waals surface area contributed by atoms with Gasteiger partial charge in [-0.05, 0) is 42.8 Å². The molecule has 2 aromatic rings. The summed E-state index contributed by atoms with van der Waals surface area (Å²) in [4.78, 5) is 15.4. The van der Waals surface area contributed by atoms with Crippen molar-refractivity contribution in [3.63, 3.8) is 0 Å². The molecule has 1 amide bonds. The number of rotatable bonds is 5. The molecule has 3 rings (SSSR count). The Morgan fingerprint density at radius 1 is 1.07 bits per heavy atom. The first-order chi connectivity index (χ1) is 13.7. The van der Waals surface area contributed by atoms with E-state index in [2.05, 4.69) is 15.5 Å². The third-order valence-corrected chi connectivity index (χ3v) is 6.83. The molecule has 29 heavy (non-hydrogen) atoms. The van der Waals surface area contributed by atoms with Gasteiger partial charge in [0.15, 0.2) is 11.6 Å². The smallest absolute Gasteiger partial charge is 0.243 e. The van der Waals surface area contributed by atoms with Crippen molar-refractivity contribution in [3.05, 3.63) is 35.9 Å². The van der Waals surface area contributed by atoms with Crippen molar-refractivity contribution in [2.75, 3.05) is 55.4 Å². The number of benzene rings is 1. The summed E-state index contributed by atoms with van der Waals surface area (Å²) >= 11 is 0. The van der Waals surface area contributed by atoms with Gasteiger partial charge < -0.3 is 15.1 Å². The van der Waals surface area contributed by atoms with Crippen LogP contribution in [0, 0.1) is 6.92 Å². The van der Waals surface area contributed by atoms with E-state index in [0.717, 1.165) is 11.6 Å². The molecule has 0 radical (unpaired) electrons. The molecule has 1 fully saturated rings. The third-order valence-electron chi connectivity index (χ3n) is 4.77. The van der Waals surface area contributed by atoms with E-state index in [9.17, 15) is 13.2 Å². The van der Waals surface area contributed by atoms with Crippen LogP contribution in [-0.2, 0) is 14.8 Å². The van der Waals surface area contributed by atoms with E-state index in [1.165, 1.54) is 11.2 Å². The summed E-state index contributed by atoms with van der Waals surface area (Å²) in [7, 11) is 0.191. The lowest BCUT2D eigenvalue weighted by Crippen LogP contribution is -2.49. The highest BCUT2D eigenvalue weighted by atomic mass is 32.2. The molecule has 9 nitrogen and oxygen atoms in total. The van der Waals surface area contributed by atoms with Gasteiger partial charge in [-0.1, -0.05) is 0 Å². The second-order valence-electron chi connectivity index (χ2n) is 7.20. The summed E-state index contributed by atoms with van der Waals surface area (Å²) in [5.74, 6) is 1.31. The molecular formula is C19H26N6O3S. The number of carbonyl (C=O) groups excluding carboxylic acids is 1. The molecule has 0 bridgehead atoms. The van der Waals surface area contributed by atoms with Gasteiger partial charge in [-0.3, -0.25) is 4.79 Å². The van der Waals surface area contributed by atoms with Crippen LogP contribution in [0.1, 0.15) is 12.5 Å². The molecule has 1 aliphatic rings. The van der Waals surface area contributed by atoms with Crippen LogP contribution in [0.15, 0.2) is 35.2 Å². The lowest BCUT2D eigenvalue weighted by Gasteiger charge is -2.34. The second-order valence-corrected chi connectivity index (χ2v) is 9.10. The minimum atomic E-state index is -3.61. The van der Waals surface area contributed by atoms with Crippen LogP contribution in [0.2, 0.25) is 0 Å². The zero-order chi connectivity index (χ0) is 21.2.